The second-order valence-electron chi connectivity index (χ2n) is 3.92. The van der Waals surface area contributed by atoms with Gasteiger partial charge in [0.1, 0.15) is 18.9 Å². The van der Waals surface area contributed by atoms with Crippen LogP contribution in [0.1, 0.15) is 0 Å². The molecule has 0 bridgehead atoms. The van der Waals surface area contributed by atoms with E-state index in [0.29, 0.717) is 4.57 Å². The van der Waals surface area contributed by atoms with Crippen LogP contribution in [0, 0.1) is 0 Å². The molecular weight excluding hydrogens is 410 g/mol. The number of hydrogen-bond acceptors (Lipinski definition) is 8. The van der Waals surface area contributed by atoms with Crippen LogP contribution >= 0.6 is 15.2 Å². The molecule has 2 N–H and O–H groups in total. The predicted octanol–water partition coefficient (Wildman–Crippen LogP) is -16.7. The third kappa shape index (κ3) is 9.43. The van der Waals surface area contributed by atoms with Gasteiger partial charge in [-0.15, -0.1) is 0 Å². The maximum absolute atomic E-state index is 10.8. The summed E-state index contributed by atoms with van der Waals surface area (Å²) < 4.78 is 23.4. The summed E-state index contributed by atoms with van der Waals surface area (Å²) >= 11 is 0. The molecule has 0 saturated heterocycles. The Morgan fingerprint density at radius 3 is 1.83 bits per heavy atom. The van der Waals surface area contributed by atoms with E-state index in [9.17, 15) is 38.6 Å². The summed E-state index contributed by atoms with van der Waals surface area (Å²) in [6.45, 7) is -1.88. The van der Waals surface area contributed by atoms with Crippen molar-refractivity contribution in [1.29, 1.82) is 0 Å². The van der Waals surface area contributed by atoms with Crippen LogP contribution in [0.2, 0.25) is 0 Å². The number of carboxylic acids is 1. The third-order valence-corrected chi connectivity index (χ3v) is 5.84. The molecule has 1 aromatic rings. The number of rotatable bonds is 6. The molecule has 24 heavy (non-hydrogen) atoms. The van der Waals surface area contributed by atoms with Crippen molar-refractivity contribution in [2.45, 2.75) is 18.2 Å². The van der Waals surface area contributed by atoms with Crippen molar-refractivity contribution < 1.29 is 167 Å². The number of hydrogen-bond donors (Lipinski definition) is 2. The van der Waals surface area contributed by atoms with Gasteiger partial charge in [-0.1, -0.05) is 0 Å². The Balaban J connectivity index is -0.000000500. The summed E-state index contributed by atoms with van der Waals surface area (Å²) in [5.74, 6) is -1.24. The summed E-state index contributed by atoms with van der Waals surface area (Å²) in [6.07, 6.45) is 3.04. The minimum Gasteiger partial charge on any atom is -0.808 e. The molecule has 0 saturated carbocycles. The topological polar surface area (TPSA) is 193 Å². The van der Waals surface area contributed by atoms with Crippen LogP contribution in [-0.2, 0) is 27.0 Å². The van der Waals surface area contributed by atoms with Gasteiger partial charge >= 0.3 is 124 Å². The molecule has 0 atom stereocenters. The zero-order chi connectivity index (χ0) is 15.8. The summed E-state index contributed by atoms with van der Waals surface area (Å²) in [4.78, 5) is 53.7. The smallest absolute Gasteiger partial charge is 0.808 e. The van der Waals surface area contributed by atoms with Crippen molar-refractivity contribution in [1.82, 2.24) is 4.57 Å². The monoisotopic (exact) mass is 419 g/mol. The molecule has 1 rings (SSSR count). The second-order valence-corrected chi connectivity index (χ2v) is 7.74. The molecule has 0 aliphatic rings. The fraction of sp³-hybridized carbons (Fsp3) is 0.429. The minimum absolute atomic E-state index is 0. The summed E-state index contributed by atoms with van der Waals surface area (Å²) in [5, 5.41) is 13.9. The molecule has 0 amide bonds. The van der Waals surface area contributed by atoms with Gasteiger partial charge in [0.15, 0.2) is 11.6 Å². The standard InChI is InChI=1S/C7H12N2O9P2.4Na/c10-6(11)3-8-1-2-9(5-8)4-7(12,19(13,14)15)20(16,17)18;;;;/h1-2,5,12H,3-4H2,(H4-,10,11,13,14,15,16,17,18);;;;/q;4*+1/p-3. The number of carbonyl (C=O) groups is 1. The van der Waals surface area contributed by atoms with Gasteiger partial charge in [-0.05, 0) is 15.2 Å². The first-order valence-corrected chi connectivity index (χ1v) is 7.99. The Morgan fingerprint density at radius 1 is 1.08 bits per heavy atom. The Labute approximate surface area is 225 Å². The first-order valence-electron chi connectivity index (χ1n) is 4.90. The molecule has 0 unspecified atom stereocenters. The Bertz CT molecular complexity index is 593. The quantitative estimate of drug-likeness (QED) is 0.256. The van der Waals surface area contributed by atoms with E-state index < -0.39 is 39.3 Å². The van der Waals surface area contributed by atoms with E-state index in [4.69, 9.17) is 5.11 Å². The van der Waals surface area contributed by atoms with Crippen molar-refractivity contribution in [3.8, 4) is 0 Å². The maximum Gasteiger partial charge on any atom is 1.00 e. The van der Waals surface area contributed by atoms with Gasteiger partial charge in [0.2, 0.25) is 6.33 Å². The second kappa shape index (κ2) is 13.2. The van der Waals surface area contributed by atoms with Crippen molar-refractivity contribution in [2.24, 2.45) is 0 Å². The summed E-state index contributed by atoms with van der Waals surface area (Å²) in [6, 6.07) is 0. The van der Waals surface area contributed by atoms with E-state index in [-0.39, 0.29) is 118 Å². The maximum atomic E-state index is 10.8. The largest absolute Gasteiger partial charge is 1.00 e. The third-order valence-electron chi connectivity index (χ3n) is 2.34. The normalized spacial score (nSPS) is 11.2. The molecule has 1 heterocycles. The van der Waals surface area contributed by atoms with Crippen LogP contribution in [0.3, 0.4) is 0 Å². The number of aliphatic carboxylic acids is 1. The van der Waals surface area contributed by atoms with Gasteiger partial charge < -0.3 is 38.9 Å². The van der Waals surface area contributed by atoms with E-state index in [0.717, 1.165) is 23.3 Å². The van der Waals surface area contributed by atoms with E-state index in [1.807, 2.05) is 0 Å². The van der Waals surface area contributed by atoms with Crippen molar-refractivity contribution in [2.75, 3.05) is 0 Å². The van der Waals surface area contributed by atoms with Crippen LogP contribution in [0.4, 0.5) is 0 Å². The number of aromatic nitrogens is 2. The average Bonchev–Trinajstić information content (AvgIpc) is 2.60. The van der Waals surface area contributed by atoms with Gasteiger partial charge in [-0.25, -0.2) is 13.9 Å². The Kier molecular flexibility index (Phi) is 19.0. The molecule has 11 nitrogen and oxygen atoms in total. The molecule has 17 heteroatoms. The first-order chi connectivity index (χ1) is 8.87. The van der Waals surface area contributed by atoms with Crippen LogP contribution < -0.4 is 142 Å². The summed E-state index contributed by atoms with van der Waals surface area (Å²) in [5.41, 5.74) is 0. The Morgan fingerprint density at radius 2 is 1.50 bits per heavy atom. The summed E-state index contributed by atoms with van der Waals surface area (Å²) in [7, 11) is -12.3. The van der Waals surface area contributed by atoms with Crippen LogP contribution in [-0.4, -0.2) is 25.8 Å². The fourth-order valence-electron chi connectivity index (χ4n) is 1.35. The van der Waals surface area contributed by atoms with E-state index in [2.05, 4.69) is 0 Å². The number of aliphatic hydroxyl groups is 1. The first kappa shape index (κ1) is 34.4. The van der Waals surface area contributed by atoms with Crippen LogP contribution in [0.15, 0.2) is 18.7 Å². The van der Waals surface area contributed by atoms with E-state index >= 15 is 0 Å². The van der Waals surface area contributed by atoms with Gasteiger partial charge in [-0.3, -0.25) is 0 Å². The van der Waals surface area contributed by atoms with Crippen molar-refractivity contribution in [3.63, 3.8) is 0 Å². The molecule has 0 aliphatic carbocycles. The predicted molar refractivity (Wildman–Crippen MR) is 52.4 cm³/mol. The van der Waals surface area contributed by atoms with E-state index in [1.54, 1.807) is 0 Å². The average molecular weight is 419 g/mol. The molecule has 114 valence electrons. The molecular formula is C7H9N2Na4O9P2+. The van der Waals surface area contributed by atoms with Crippen LogP contribution in [0.25, 0.3) is 0 Å². The Hall–Kier alpha value is 2.94. The van der Waals surface area contributed by atoms with Gasteiger partial charge in [0, 0.05) is 0 Å². The van der Waals surface area contributed by atoms with Gasteiger partial charge in [-0.2, -0.15) is 0 Å². The zero-order valence-corrected chi connectivity index (χ0v) is 23.5. The van der Waals surface area contributed by atoms with E-state index in [1.165, 1.54) is 0 Å². The molecule has 0 aliphatic heterocycles. The van der Waals surface area contributed by atoms with Crippen molar-refractivity contribution in [3.05, 3.63) is 18.7 Å². The minimum atomic E-state index is -6.17. The number of nitrogens with zero attached hydrogens (tertiary/aromatic N) is 2. The molecule has 0 spiro atoms. The van der Waals surface area contributed by atoms with Gasteiger partial charge in [0.25, 0.3) is 0 Å². The van der Waals surface area contributed by atoms with Crippen LogP contribution in [0.5, 0.6) is 0 Å². The van der Waals surface area contributed by atoms with Crippen molar-refractivity contribution >= 4 is 21.2 Å². The number of carboxylic acid groups (broad SMARTS) is 1. The SMILES string of the molecule is O=C(O)C[n+]1ccn(CC(O)(P(=O)([O-])[O-])P(=O)([O-])[O-])c1.[Na+].[Na+].[Na+].[Na+]. The van der Waals surface area contributed by atoms with Gasteiger partial charge in [0.05, 0.1) is 0 Å². The number of imidazole rings is 1. The molecule has 0 fully saturated rings. The molecule has 0 radical (unpaired) electrons. The zero-order valence-electron chi connectivity index (χ0n) is 13.7. The molecule has 1 aromatic heterocycles. The molecule has 0 aromatic carbocycles. The fourth-order valence-corrected chi connectivity index (χ4v) is 3.22.